The largest absolute Gasteiger partial charge is 0.440 e. The molecule has 0 bridgehead atoms. The van der Waals surface area contributed by atoms with E-state index in [0.717, 1.165) is 12.8 Å². The number of likely N-dealkylation sites (tertiary alicyclic amines) is 2. The molecule has 0 radical (unpaired) electrons. The van der Waals surface area contributed by atoms with E-state index >= 15 is 0 Å². The molecular formula is C15H19ClN2O4. The Kier molecular flexibility index (Phi) is 4.14. The summed E-state index contributed by atoms with van der Waals surface area (Å²) in [5.41, 5.74) is -0.501. The lowest BCUT2D eigenvalue weighted by atomic mass is 9.78. The zero-order valence-corrected chi connectivity index (χ0v) is 13.0. The van der Waals surface area contributed by atoms with Crippen LogP contribution < -0.4 is 0 Å². The van der Waals surface area contributed by atoms with E-state index in [0.29, 0.717) is 32.6 Å². The number of piperidine rings is 1. The molecule has 0 aromatic carbocycles. The van der Waals surface area contributed by atoms with Crippen LogP contribution in [-0.4, -0.2) is 59.5 Å². The van der Waals surface area contributed by atoms with Gasteiger partial charge in [0.25, 0.3) is 5.91 Å². The van der Waals surface area contributed by atoms with Gasteiger partial charge in [0.05, 0.1) is 12.0 Å². The van der Waals surface area contributed by atoms with Gasteiger partial charge in [0.2, 0.25) is 5.91 Å². The van der Waals surface area contributed by atoms with Crippen LogP contribution in [0.3, 0.4) is 0 Å². The SMILES string of the molecule is O=C(c1ccc(Cl)o1)N1CC[C@]2(CCCN(CCO)C2=O)C1. The van der Waals surface area contributed by atoms with Crippen molar-refractivity contribution in [3.63, 3.8) is 0 Å². The van der Waals surface area contributed by atoms with E-state index in [2.05, 4.69) is 0 Å². The fraction of sp³-hybridized carbons (Fsp3) is 0.600. The summed E-state index contributed by atoms with van der Waals surface area (Å²) in [6.45, 7) is 1.96. The van der Waals surface area contributed by atoms with Gasteiger partial charge in [-0.3, -0.25) is 9.59 Å². The minimum absolute atomic E-state index is 0.0324. The summed E-state index contributed by atoms with van der Waals surface area (Å²) in [6, 6.07) is 3.09. The number of nitrogens with zero attached hydrogens (tertiary/aromatic N) is 2. The van der Waals surface area contributed by atoms with Crippen molar-refractivity contribution in [1.82, 2.24) is 9.80 Å². The summed E-state index contributed by atoms with van der Waals surface area (Å²) >= 11 is 5.71. The average Bonchev–Trinajstić information content (AvgIpc) is 3.11. The number of hydrogen-bond acceptors (Lipinski definition) is 4. The van der Waals surface area contributed by atoms with Crippen molar-refractivity contribution in [2.75, 3.05) is 32.8 Å². The van der Waals surface area contributed by atoms with Gasteiger partial charge in [-0.2, -0.15) is 0 Å². The number of halogens is 1. The predicted molar refractivity (Wildman–Crippen MR) is 79.6 cm³/mol. The van der Waals surface area contributed by atoms with Gasteiger partial charge in [0.15, 0.2) is 11.0 Å². The first kappa shape index (κ1) is 15.4. The van der Waals surface area contributed by atoms with Crippen LogP contribution in [0.15, 0.2) is 16.5 Å². The lowest BCUT2D eigenvalue weighted by Crippen LogP contribution is -2.51. The summed E-state index contributed by atoms with van der Waals surface area (Å²) in [7, 11) is 0. The van der Waals surface area contributed by atoms with Crippen molar-refractivity contribution in [3.8, 4) is 0 Å². The molecule has 1 N–H and O–H groups in total. The molecule has 1 aromatic rings. The highest BCUT2D eigenvalue weighted by Crippen LogP contribution is 2.40. The minimum Gasteiger partial charge on any atom is -0.440 e. The molecule has 0 saturated carbocycles. The van der Waals surface area contributed by atoms with E-state index in [4.69, 9.17) is 21.1 Å². The number of aliphatic hydroxyl groups is 1. The molecule has 7 heteroatoms. The van der Waals surface area contributed by atoms with Gasteiger partial charge >= 0.3 is 0 Å². The fourth-order valence-corrected chi connectivity index (χ4v) is 3.64. The Morgan fingerprint density at radius 3 is 2.86 bits per heavy atom. The first-order valence-corrected chi connectivity index (χ1v) is 7.88. The summed E-state index contributed by atoms with van der Waals surface area (Å²) in [5, 5.41) is 9.26. The Bertz CT molecular complexity index is 586. The molecule has 3 heterocycles. The van der Waals surface area contributed by atoms with Crippen LogP contribution in [-0.2, 0) is 4.79 Å². The van der Waals surface area contributed by atoms with Crippen molar-refractivity contribution in [2.24, 2.45) is 5.41 Å². The molecule has 1 spiro atoms. The van der Waals surface area contributed by atoms with Gasteiger partial charge in [-0.25, -0.2) is 0 Å². The van der Waals surface area contributed by atoms with E-state index in [1.807, 2.05) is 0 Å². The van der Waals surface area contributed by atoms with Crippen molar-refractivity contribution >= 4 is 23.4 Å². The molecule has 2 saturated heterocycles. The van der Waals surface area contributed by atoms with Crippen molar-refractivity contribution in [2.45, 2.75) is 19.3 Å². The van der Waals surface area contributed by atoms with Crippen LogP contribution >= 0.6 is 11.6 Å². The lowest BCUT2D eigenvalue weighted by molar-refractivity contribution is -0.146. The van der Waals surface area contributed by atoms with Gasteiger partial charge in [-0.05, 0) is 43.0 Å². The van der Waals surface area contributed by atoms with E-state index < -0.39 is 5.41 Å². The highest BCUT2D eigenvalue weighted by atomic mass is 35.5. The summed E-state index contributed by atoms with van der Waals surface area (Å²) in [6.07, 6.45) is 2.35. The molecule has 1 aromatic heterocycles. The first-order chi connectivity index (χ1) is 10.6. The number of hydrogen-bond donors (Lipinski definition) is 1. The molecule has 2 fully saturated rings. The summed E-state index contributed by atoms with van der Waals surface area (Å²) < 4.78 is 5.17. The molecule has 0 aliphatic carbocycles. The number of carbonyl (C=O) groups excluding carboxylic acids is 2. The molecule has 1 atom stereocenters. The third-order valence-electron chi connectivity index (χ3n) is 4.62. The van der Waals surface area contributed by atoms with E-state index in [9.17, 15) is 9.59 Å². The molecule has 2 amide bonds. The maximum atomic E-state index is 12.7. The van der Waals surface area contributed by atoms with Crippen LogP contribution in [0.4, 0.5) is 0 Å². The Hall–Kier alpha value is -1.53. The normalized spacial score (nSPS) is 25.3. The zero-order chi connectivity index (χ0) is 15.7. The zero-order valence-electron chi connectivity index (χ0n) is 12.3. The third-order valence-corrected chi connectivity index (χ3v) is 4.82. The van der Waals surface area contributed by atoms with Gasteiger partial charge < -0.3 is 19.3 Å². The van der Waals surface area contributed by atoms with Crippen LogP contribution in [0, 0.1) is 5.41 Å². The Morgan fingerprint density at radius 2 is 2.18 bits per heavy atom. The molecule has 2 aliphatic rings. The van der Waals surface area contributed by atoms with Gasteiger partial charge in [-0.1, -0.05) is 0 Å². The quantitative estimate of drug-likeness (QED) is 0.910. The van der Waals surface area contributed by atoms with Crippen LogP contribution in [0.2, 0.25) is 5.22 Å². The number of amides is 2. The highest BCUT2D eigenvalue weighted by Gasteiger charge is 2.49. The number of rotatable bonds is 3. The Labute approximate surface area is 133 Å². The maximum absolute atomic E-state index is 12.7. The second kappa shape index (κ2) is 5.93. The first-order valence-electron chi connectivity index (χ1n) is 7.51. The maximum Gasteiger partial charge on any atom is 0.289 e. The topological polar surface area (TPSA) is 74.0 Å². The second-order valence-corrected chi connectivity index (χ2v) is 6.35. The fourth-order valence-electron chi connectivity index (χ4n) is 3.50. The van der Waals surface area contributed by atoms with Crippen molar-refractivity contribution in [3.05, 3.63) is 23.1 Å². The number of furan rings is 1. The van der Waals surface area contributed by atoms with E-state index in [-0.39, 0.29) is 29.4 Å². The number of β-amino-alcohol motifs (C(OH)–C–C–N with tert-alkyl or cyclic N) is 1. The number of carbonyl (C=O) groups is 2. The predicted octanol–water partition coefficient (Wildman–Crippen LogP) is 1.38. The monoisotopic (exact) mass is 326 g/mol. The van der Waals surface area contributed by atoms with Gasteiger partial charge in [-0.15, -0.1) is 0 Å². The number of aliphatic hydroxyl groups excluding tert-OH is 1. The molecular weight excluding hydrogens is 308 g/mol. The van der Waals surface area contributed by atoms with E-state index in [1.54, 1.807) is 15.9 Å². The molecule has 3 rings (SSSR count). The average molecular weight is 327 g/mol. The third kappa shape index (κ3) is 2.61. The Balaban J connectivity index is 1.73. The van der Waals surface area contributed by atoms with Crippen LogP contribution in [0.5, 0.6) is 0 Å². The van der Waals surface area contributed by atoms with Crippen LogP contribution in [0.25, 0.3) is 0 Å². The van der Waals surface area contributed by atoms with Crippen molar-refractivity contribution < 1.29 is 19.1 Å². The second-order valence-electron chi connectivity index (χ2n) is 5.98. The summed E-state index contributed by atoms with van der Waals surface area (Å²) in [5.74, 6) is 0.0361. The minimum atomic E-state index is -0.501. The Morgan fingerprint density at radius 1 is 1.36 bits per heavy atom. The van der Waals surface area contributed by atoms with Crippen LogP contribution in [0.1, 0.15) is 29.8 Å². The van der Waals surface area contributed by atoms with Crippen molar-refractivity contribution in [1.29, 1.82) is 0 Å². The van der Waals surface area contributed by atoms with Gasteiger partial charge in [0, 0.05) is 26.2 Å². The lowest BCUT2D eigenvalue weighted by Gasteiger charge is -2.39. The molecule has 120 valence electrons. The molecule has 22 heavy (non-hydrogen) atoms. The smallest absolute Gasteiger partial charge is 0.289 e. The standard InChI is InChI=1S/C15H19ClN2O4/c16-12-3-2-11(22-12)13(20)18-7-5-15(10-18)4-1-6-17(8-9-19)14(15)21/h2-3,19H,1,4-10H2/t15-/m1/s1. The van der Waals surface area contributed by atoms with Gasteiger partial charge in [0.1, 0.15) is 0 Å². The molecule has 0 unspecified atom stereocenters. The summed E-state index contributed by atoms with van der Waals surface area (Å²) in [4.78, 5) is 28.5. The molecule has 2 aliphatic heterocycles. The highest BCUT2D eigenvalue weighted by molar-refractivity contribution is 6.29. The molecule has 6 nitrogen and oxygen atoms in total. The van der Waals surface area contributed by atoms with E-state index in [1.165, 1.54) is 6.07 Å².